The first-order chi connectivity index (χ1) is 14.7. The summed E-state index contributed by atoms with van der Waals surface area (Å²) >= 11 is 1.71. The molecule has 1 aliphatic rings. The number of carbonyl (C=O) groups is 1. The molecule has 0 spiro atoms. The normalized spacial score (nSPS) is 16.3. The molecule has 2 N–H and O–H groups in total. The van der Waals surface area contributed by atoms with E-state index in [4.69, 9.17) is 0 Å². The highest BCUT2D eigenvalue weighted by atomic mass is 32.2. The van der Waals surface area contributed by atoms with Crippen molar-refractivity contribution in [3.05, 3.63) is 89.6 Å². The van der Waals surface area contributed by atoms with Crippen LogP contribution in [0.3, 0.4) is 0 Å². The van der Waals surface area contributed by atoms with Crippen molar-refractivity contribution in [3.63, 3.8) is 0 Å². The monoisotopic (exact) mass is 418 g/mol. The Kier molecular flexibility index (Phi) is 6.67. The van der Waals surface area contributed by atoms with Gasteiger partial charge in [0.15, 0.2) is 0 Å². The van der Waals surface area contributed by atoms with E-state index in [1.165, 1.54) is 10.5 Å². The van der Waals surface area contributed by atoms with Gasteiger partial charge in [-0.3, -0.25) is 4.79 Å². The number of amides is 1. The summed E-state index contributed by atoms with van der Waals surface area (Å²) in [5.41, 5.74) is 2.99. The molecule has 1 amide bonds. The lowest BCUT2D eigenvalue weighted by molar-refractivity contribution is 0.0951. The van der Waals surface area contributed by atoms with Crippen molar-refractivity contribution in [1.82, 2.24) is 15.6 Å². The number of hydrogen-bond donors (Lipinski definition) is 2. The summed E-state index contributed by atoms with van der Waals surface area (Å²) in [6, 6.07) is 22.6. The van der Waals surface area contributed by atoms with Gasteiger partial charge in [0.25, 0.3) is 5.91 Å². The minimum atomic E-state index is -0.0812. The van der Waals surface area contributed by atoms with Crippen LogP contribution in [-0.4, -0.2) is 36.8 Å². The van der Waals surface area contributed by atoms with E-state index >= 15 is 0 Å². The molecule has 1 atom stereocenters. The Balaban J connectivity index is 1.40. The molecular formula is C24H26N4OS. The van der Waals surface area contributed by atoms with Gasteiger partial charge in [-0.25, -0.2) is 4.98 Å². The lowest BCUT2D eigenvalue weighted by atomic mass is 10.0. The number of nitrogens with zero attached hydrogens (tertiary/aromatic N) is 2. The van der Waals surface area contributed by atoms with Gasteiger partial charge in [-0.05, 0) is 41.6 Å². The molecule has 154 valence electrons. The fraction of sp³-hybridized carbons (Fsp3) is 0.250. The Bertz CT molecular complexity index is 978. The number of anilines is 1. The lowest BCUT2D eigenvalue weighted by Gasteiger charge is -2.34. The quantitative estimate of drug-likeness (QED) is 0.595. The van der Waals surface area contributed by atoms with Gasteiger partial charge >= 0.3 is 0 Å². The van der Waals surface area contributed by atoms with Crippen molar-refractivity contribution in [2.45, 2.75) is 17.5 Å². The zero-order chi connectivity index (χ0) is 20.8. The minimum absolute atomic E-state index is 0.0812. The standard InChI is InChI=1S/C24H26N4OS/c1-30-21-9-7-18(8-10-21)16-27-24(29)20-11-12-26-23(15-20)28-14-13-25-22(17-28)19-5-3-2-4-6-19/h2-12,15,22,25H,13-14,16-17H2,1H3,(H,27,29). The predicted molar refractivity (Wildman–Crippen MR) is 123 cm³/mol. The molecule has 2 heterocycles. The summed E-state index contributed by atoms with van der Waals surface area (Å²) in [6.07, 6.45) is 3.77. The number of rotatable bonds is 6. The molecule has 0 saturated carbocycles. The molecule has 2 aromatic carbocycles. The molecule has 3 aromatic rings. The lowest BCUT2D eigenvalue weighted by Crippen LogP contribution is -2.46. The van der Waals surface area contributed by atoms with Crippen molar-refractivity contribution in [3.8, 4) is 0 Å². The van der Waals surface area contributed by atoms with E-state index in [0.29, 0.717) is 12.1 Å². The van der Waals surface area contributed by atoms with Gasteiger partial charge in [-0.2, -0.15) is 0 Å². The van der Waals surface area contributed by atoms with Crippen LogP contribution < -0.4 is 15.5 Å². The van der Waals surface area contributed by atoms with Crippen LogP contribution in [-0.2, 0) is 6.54 Å². The van der Waals surface area contributed by atoms with Crippen LogP contribution in [0.15, 0.2) is 77.8 Å². The van der Waals surface area contributed by atoms with Crippen molar-refractivity contribution >= 4 is 23.5 Å². The van der Waals surface area contributed by atoms with Crippen LogP contribution in [0.5, 0.6) is 0 Å². The van der Waals surface area contributed by atoms with Crippen molar-refractivity contribution in [2.75, 3.05) is 30.8 Å². The van der Waals surface area contributed by atoms with Gasteiger partial charge in [0.2, 0.25) is 0 Å². The van der Waals surface area contributed by atoms with Crippen molar-refractivity contribution in [2.24, 2.45) is 0 Å². The predicted octanol–water partition coefficient (Wildman–Crippen LogP) is 3.88. The summed E-state index contributed by atoms with van der Waals surface area (Å²) < 4.78 is 0. The number of thioether (sulfide) groups is 1. The van der Waals surface area contributed by atoms with Crippen LogP contribution in [0.1, 0.15) is 27.5 Å². The van der Waals surface area contributed by atoms with E-state index in [2.05, 4.69) is 75.3 Å². The van der Waals surface area contributed by atoms with Gasteiger partial charge in [0, 0.05) is 48.9 Å². The highest BCUT2D eigenvalue weighted by molar-refractivity contribution is 7.98. The largest absolute Gasteiger partial charge is 0.353 e. The van der Waals surface area contributed by atoms with Crippen LogP contribution in [0.4, 0.5) is 5.82 Å². The van der Waals surface area contributed by atoms with Crippen LogP contribution in [0, 0.1) is 0 Å². The number of pyridine rings is 1. The second kappa shape index (κ2) is 9.78. The van der Waals surface area contributed by atoms with Gasteiger partial charge in [-0.1, -0.05) is 42.5 Å². The maximum absolute atomic E-state index is 12.7. The minimum Gasteiger partial charge on any atom is -0.353 e. The van der Waals surface area contributed by atoms with Crippen LogP contribution >= 0.6 is 11.8 Å². The van der Waals surface area contributed by atoms with Crippen LogP contribution in [0.2, 0.25) is 0 Å². The Morgan fingerprint density at radius 3 is 2.73 bits per heavy atom. The smallest absolute Gasteiger partial charge is 0.251 e. The number of benzene rings is 2. The van der Waals surface area contributed by atoms with E-state index in [9.17, 15) is 4.79 Å². The van der Waals surface area contributed by atoms with Gasteiger partial charge in [0.05, 0.1) is 0 Å². The second-order valence-electron chi connectivity index (χ2n) is 7.30. The summed E-state index contributed by atoms with van der Waals surface area (Å²) in [6.45, 7) is 3.08. The molecule has 0 radical (unpaired) electrons. The van der Waals surface area contributed by atoms with E-state index in [-0.39, 0.29) is 11.9 Å². The summed E-state index contributed by atoms with van der Waals surface area (Å²) in [4.78, 5) is 20.7. The van der Waals surface area contributed by atoms with Crippen LogP contribution in [0.25, 0.3) is 0 Å². The molecule has 1 aliphatic heterocycles. The molecule has 0 aliphatic carbocycles. The summed E-state index contributed by atoms with van der Waals surface area (Å²) in [7, 11) is 0. The topological polar surface area (TPSA) is 57.3 Å². The maximum Gasteiger partial charge on any atom is 0.251 e. The molecule has 1 saturated heterocycles. The van der Waals surface area contributed by atoms with Gasteiger partial charge < -0.3 is 15.5 Å². The summed E-state index contributed by atoms with van der Waals surface area (Å²) in [5.74, 6) is 0.761. The van der Waals surface area contributed by atoms with E-state index in [0.717, 1.165) is 31.0 Å². The van der Waals surface area contributed by atoms with Crippen molar-refractivity contribution in [1.29, 1.82) is 0 Å². The number of nitrogens with one attached hydrogen (secondary N) is 2. The fourth-order valence-electron chi connectivity index (χ4n) is 3.63. The molecule has 30 heavy (non-hydrogen) atoms. The Morgan fingerprint density at radius 2 is 1.97 bits per heavy atom. The summed E-state index contributed by atoms with van der Waals surface area (Å²) in [5, 5.41) is 6.58. The molecule has 1 fully saturated rings. The Hall–Kier alpha value is -2.83. The first kappa shape index (κ1) is 20.4. The zero-order valence-electron chi connectivity index (χ0n) is 17.0. The average molecular weight is 419 g/mol. The number of hydrogen-bond acceptors (Lipinski definition) is 5. The van der Waals surface area contributed by atoms with Crippen molar-refractivity contribution < 1.29 is 4.79 Å². The first-order valence-electron chi connectivity index (χ1n) is 10.1. The third-order valence-electron chi connectivity index (χ3n) is 5.32. The molecule has 1 aromatic heterocycles. The Labute approximate surface area is 181 Å². The average Bonchev–Trinajstić information content (AvgIpc) is 2.83. The third kappa shape index (κ3) is 5.01. The van der Waals surface area contributed by atoms with Gasteiger partial charge in [0.1, 0.15) is 5.82 Å². The number of carbonyl (C=O) groups excluding carboxylic acids is 1. The van der Waals surface area contributed by atoms with E-state index in [1.807, 2.05) is 12.1 Å². The van der Waals surface area contributed by atoms with E-state index in [1.54, 1.807) is 24.0 Å². The number of aromatic nitrogens is 1. The van der Waals surface area contributed by atoms with E-state index < -0.39 is 0 Å². The molecule has 6 heteroatoms. The SMILES string of the molecule is CSc1ccc(CNC(=O)c2ccnc(N3CCNC(c4ccccc4)C3)c2)cc1. The highest BCUT2D eigenvalue weighted by Crippen LogP contribution is 2.22. The molecule has 0 bridgehead atoms. The molecule has 5 nitrogen and oxygen atoms in total. The fourth-order valence-corrected chi connectivity index (χ4v) is 4.04. The Morgan fingerprint density at radius 1 is 1.17 bits per heavy atom. The number of piperazine rings is 1. The third-order valence-corrected chi connectivity index (χ3v) is 6.06. The maximum atomic E-state index is 12.7. The first-order valence-corrected chi connectivity index (χ1v) is 11.4. The molecular weight excluding hydrogens is 392 g/mol. The highest BCUT2D eigenvalue weighted by Gasteiger charge is 2.22. The molecule has 1 unspecified atom stereocenters. The zero-order valence-corrected chi connectivity index (χ0v) is 17.9. The van der Waals surface area contributed by atoms with Gasteiger partial charge in [-0.15, -0.1) is 11.8 Å². The molecule has 4 rings (SSSR count). The second-order valence-corrected chi connectivity index (χ2v) is 8.18.